The van der Waals surface area contributed by atoms with Gasteiger partial charge in [-0.1, -0.05) is 13.8 Å². The van der Waals surface area contributed by atoms with Crippen LogP contribution in [0.4, 0.5) is 0 Å². The fourth-order valence-corrected chi connectivity index (χ4v) is 8.34. The Morgan fingerprint density at radius 2 is 1.71 bits per heavy atom. The molecule has 154 valence electrons. The SMILES string of the molecule is C[C@]12CC[C@@H](O)C[C@H]1CC[C@@H]1[C@@H]2CC[C@]2(C)[C@@H](C(=O)Cn3nccn3)CC[C@@H]12. The van der Waals surface area contributed by atoms with E-state index in [2.05, 4.69) is 24.0 Å². The van der Waals surface area contributed by atoms with Gasteiger partial charge in [0, 0.05) is 5.92 Å². The van der Waals surface area contributed by atoms with Gasteiger partial charge in [-0.15, -0.1) is 0 Å². The van der Waals surface area contributed by atoms with E-state index >= 15 is 0 Å². The van der Waals surface area contributed by atoms with E-state index in [-0.39, 0.29) is 17.4 Å². The Bertz CT molecular complexity index is 734. The number of aromatic nitrogens is 3. The zero-order valence-corrected chi connectivity index (χ0v) is 17.4. The highest BCUT2D eigenvalue weighted by atomic mass is 16.3. The van der Waals surface area contributed by atoms with Crippen LogP contribution in [0.1, 0.15) is 71.6 Å². The Kier molecular flexibility index (Phi) is 4.46. The van der Waals surface area contributed by atoms with Gasteiger partial charge in [0.25, 0.3) is 0 Å². The summed E-state index contributed by atoms with van der Waals surface area (Å²) >= 11 is 0. The second-order valence-electron chi connectivity index (χ2n) is 10.8. The van der Waals surface area contributed by atoms with E-state index in [4.69, 9.17) is 0 Å². The van der Waals surface area contributed by atoms with Gasteiger partial charge in [-0.2, -0.15) is 15.0 Å². The van der Waals surface area contributed by atoms with Gasteiger partial charge in [-0.3, -0.25) is 4.79 Å². The number of rotatable bonds is 3. The molecule has 1 heterocycles. The van der Waals surface area contributed by atoms with Gasteiger partial charge >= 0.3 is 0 Å². The summed E-state index contributed by atoms with van der Waals surface area (Å²) in [6.07, 6.45) is 13.7. The fraction of sp³-hybridized carbons (Fsp3) is 0.870. The molecule has 8 atom stereocenters. The van der Waals surface area contributed by atoms with Crippen molar-refractivity contribution in [3.63, 3.8) is 0 Å². The first-order chi connectivity index (χ1) is 13.4. The number of fused-ring (bicyclic) bond motifs is 5. The lowest BCUT2D eigenvalue weighted by atomic mass is 9.44. The van der Waals surface area contributed by atoms with Crippen LogP contribution < -0.4 is 0 Å². The molecule has 1 aromatic heterocycles. The highest BCUT2D eigenvalue weighted by molar-refractivity contribution is 5.81. The van der Waals surface area contributed by atoms with Crippen LogP contribution in [0.3, 0.4) is 0 Å². The van der Waals surface area contributed by atoms with E-state index in [9.17, 15) is 9.90 Å². The molecule has 5 heteroatoms. The Morgan fingerprint density at radius 3 is 2.50 bits per heavy atom. The lowest BCUT2D eigenvalue weighted by molar-refractivity contribution is -0.140. The molecule has 5 rings (SSSR count). The zero-order chi connectivity index (χ0) is 19.5. The number of Topliss-reactive ketones (excluding diaryl/α,β-unsaturated/α-hetero) is 1. The first-order valence-electron chi connectivity index (χ1n) is 11.5. The van der Waals surface area contributed by atoms with Gasteiger partial charge < -0.3 is 5.11 Å². The summed E-state index contributed by atoms with van der Waals surface area (Å²) in [4.78, 5) is 14.7. The van der Waals surface area contributed by atoms with Gasteiger partial charge in [-0.25, -0.2) is 0 Å². The molecule has 0 saturated heterocycles. The Morgan fingerprint density at radius 1 is 1.00 bits per heavy atom. The van der Waals surface area contributed by atoms with Crippen LogP contribution >= 0.6 is 0 Å². The molecule has 4 fully saturated rings. The second-order valence-corrected chi connectivity index (χ2v) is 10.8. The minimum absolute atomic E-state index is 0.0760. The number of carbonyl (C=O) groups is 1. The van der Waals surface area contributed by atoms with Crippen molar-refractivity contribution < 1.29 is 9.90 Å². The van der Waals surface area contributed by atoms with Crippen LogP contribution in [0.15, 0.2) is 12.4 Å². The summed E-state index contributed by atoms with van der Waals surface area (Å²) in [6.45, 7) is 5.27. The molecular formula is C23H35N3O2. The van der Waals surface area contributed by atoms with Crippen molar-refractivity contribution in [2.24, 2.45) is 40.4 Å². The van der Waals surface area contributed by atoms with Gasteiger partial charge in [0.2, 0.25) is 0 Å². The third-order valence-electron chi connectivity index (χ3n) is 9.79. The summed E-state index contributed by atoms with van der Waals surface area (Å²) in [5, 5.41) is 18.5. The molecule has 4 aliphatic rings. The van der Waals surface area contributed by atoms with Crippen molar-refractivity contribution in [3.8, 4) is 0 Å². The number of hydrogen-bond acceptors (Lipinski definition) is 4. The minimum atomic E-state index is -0.0760. The standard InChI is InChI=1S/C23H35N3O2/c1-22-9-7-16(27)13-15(22)3-4-17-18-5-6-20(23(18,2)10-8-19(17)22)21(28)14-26-24-11-12-25-26/h11-12,15-20,27H,3-10,13-14H2,1-2H3/t15-,16-,17+,18+,19+,20-,22+,23+/m1/s1. The topological polar surface area (TPSA) is 68.0 Å². The number of carbonyl (C=O) groups excluding carboxylic acids is 1. The molecule has 0 spiro atoms. The van der Waals surface area contributed by atoms with Crippen molar-refractivity contribution in [2.45, 2.75) is 84.3 Å². The molecule has 0 bridgehead atoms. The van der Waals surface area contributed by atoms with Gasteiger partial charge in [-0.05, 0) is 92.3 Å². The molecule has 5 nitrogen and oxygen atoms in total. The second kappa shape index (κ2) is 6.65. The predicted molar refractivity (Wildman–Crippen MR) is 106 cm³/mol. The Labute approximate surface area is 168 Å². The molecule has 0 aromatic carbocycles. The molecule has 1 N–H and O–H groups in total. The maximum absolute atomic E-state index is 13.1. The number of hydrogen-bond donors (Lipinski definition) is 1. The third-order valence-corrected chi connectivity index (χ3v) is 9.79. The summed E-state index contributed by atoms with van der Waals surface area (Å²) in [6, 6.07) is 0. The van der Waals surface area contributed by atoms with E-state index in [1.165, 1.54) is 38.5 Å². The average Bonchev–Trinajstić information content (AvgIpc) is 3.29. The monoisotopic (exact) mass is 385 g/mol. The minimum Gasteiger partial charge on any atom is -0.393 e. The number of nitrogens with zero attached hydrogens (tertiary/aromatic N) is 3. The van der Waals surface area contributed by atoms with Crippen LogP contribution in [-0.4, -0.2) is 32.0 Å². The summed E-state index contributed by atoms with van der Waals surface area (Å²) in [7, 11) is 0. The summed E-state index contributed by atoms with van der Waals surface area (Å²) < 4.78 is 0. The van der Waals surface area contributed by atoms with E-state index in [0.717, 1.165) is 31.1 Å². The highest BCUT2D eigenvalue weighted by Crippen LogP contribution is 2.67. The molecule has 28 heavy (non-hydrogen) atoms. The fourth-order valence-electron chi connectivity index (χ4n) is 8.34. The van der Waals surface area contributed by atoms with E-state index in [1.54, 1.807) is 17.2 Å². The molecule has 1 aromatic rings. The quantitative estimate of drug-likeness (QED) is 0.858. The summed E-state index contributed by atoms with van der Waals surface area (Å²) in [5.74, 6) is 3.46. The smallest absolute Gasteiger partial charge is 0.159 e. The van der Waals surface area contributed by atoms with E-state index < -0.39 is 0 Å². The molecule has 4 saturated carbocycles. The van der Waals surface area contributed by atoms with Crippen LogP contribution in [-0.2, 0) is 11.3 Å². The summed E-state index contributed by atoms with van der Waals surface area (Å²) in [5.41, 5.74) is 0.563. The van der Waals surface area contributed by atoms with E-state index in [1.807, 2.05) is 0 Å². The van der Waals surface area contributed by atoms with Crippen molar-refractivity contribution in [1.82, 2.24) is 15.0 Å². The Hall–Kier alpha value is -1.23. The average molecular weight is 386 g/mol. The lowest BCUT2D eigenvalue weighted by Crippen LogP contribution is -2.54. The normalized spacial score (nSPS) is 47.8. The molecule has 0 unspecified atom stereocenters. The van der Waals surface area contributed by atoms with Gasteiger partial charge in [0.15, 0.2) is 5.78 Å². The van der Waals surface area contributed by atoms with E-state index in [0.29, 0.717) is 29.6 Å². The third kappa shape index (κ3) is 2.72. The van der Waals surface area contributed by atoms with Gasteiger partial charge in [0.05, 0.1) is 18.5 Å². The Balaban J connectivity index is 1.36. The molecule has 0 amide bonds. The number of aliphatic hydroxyl groups is 1. The van der Waals surface area contributed by atoms with Crippen LogP contribution in [0.25, 0.3) is 0 Å². The molecular weight excluding hydrogens is 350 g/mol. The maximum Gasteiger partial charge on any atom is 0.159 e. The number of ketones is 1. The molecule has 0 aliphatic heterocycles. The molecule has 0 radical (unpaired) electrons. The van der Waals surface area contributed by atoms with Gasteiger partial charge in [0.1, 0.15) is 6.54 Å². The van der Waals surface area contributed by atoms with Crippen LogP contribution in [0.2, 0.25) is 0 Å². The lowest BCUT2D eigenvalue weighted by Gasteiger charge is -2.60. The van der Waals surface area contributed by atoms with Crippen molar-refractivity contribution >= 4 is 5.78 Å². The predicted octanol–water partition coefficient (Wildman–Crippen LogP) is 3.87. The molecule has 4 aliphatic carbocycles. The maximum atomic E-state index is 13.1. The van der Waals surface area contributed by atoms with Crippen molar-refractivity contribution in [3.05, 3.63) is 12.4 Å². The first-order valence-corrected chi connectivity index (χ1v) is 11.5. The highest BCUT2D eigenvalue weighted by Gasteiger charge is 2.61. The van der Waals surface area contributed by atoms with Crippen LogP contribution in [0.5, 0.6) is 0 Å². The largest absolute Gasteiger partial charge is 0.393 e. The van der Waals surface area contributed by atoms with Crippen LogP contribution in [0, 0.1) is 40.4 Å². The number of aliphatic hydroxyl groups excluding tert-OH is 1. The first kappa shape index (κ1) is 18.8. The zero-order valence-electron chi connectivity index (χ0n) is 17.4. The van der Waals surface area contributed by atoms with Crippen molar-refractivity contribution in [2.75, 3.05) is 0 Å². The van der Waals surface area contributed by atoms with Crippen molar-refractivity contribution in [1.29, 1.82) is 0 Å².